The van der Waals surface area contributed by atoms with Crippen LogP contribution in [0.4, 0.5) is 13.2 Å². The Labute approximate surface area is 84.7 Å². The summed E-state index contributed by atoms with van der Waals surface area (Å²) in [6, 6.07) is 1.72. The van der Waals surface area contributed by atoms with Crippen LogP contribution in [0.2, 0.25) is 0 Å². The van der Waals surface area contributed by atoms with E-state index < -0.39 is 23.6 Å². The van der Waals surface area contributed by atoms with Crippen LogP contribution in [0.25, 0.3) is 0 Å². The number of methoxy groups -OCH3 is 1. The summed E-state index contributed by atoms with van der Waals surface area (Å²) in [7, 11) is 1.15. The van der Waals surface area contributed by atoms with E-state index in [0.29, 0.717) is 0 Å². The van der Waals surface area contributed by atoms with E-state index in [-0.39, 0.29) is 11.3 Å². The van der Waals surface area contributed by atoms with E-state index >= 15 is 0 Å². The number of ether oxygens (including phenoxy) is 1. The Bertz CT molecular complexity index is 388. The third-order valence-electron chi connectivity index (χ3n) is 1.91. The molecule has 0 aliphatic rings. The number of Topliss-reactive ketones (excluding diaryl/α,β-unsaturated/α-hetero) is 1. The second-order valence-electron chi connectivity index (χ2n) is 2.94. The lowest BCUT2D eigenvalue weighted by molar-refractivity contribution is 0.101. The molecule has 1 rings (SSSR count). The van der Waals surface area contributed by atoms with E-state index in [1.807, 2.05) is 0 Å². The minimum Gasteiger partial charge on any atom is -0.494 e. The van der Waals surface area contributed by atoms with Crippen molar-refractivity contribution in [1.29, 1.82) is 0 Å². The maximum absolute atomic E-state index is 13.4. The lowest BCUT2D eigenvalue weighted by Gasteiger charge is -2.08. The molecule has 0 saturated carbocycles. The zero-order chi connectivity index (χ0) is 11.6. The molecule has 1 aromatic carbocycles. The summed E-state index contributed by atoms with van der Waals surface area (Å²) >= 11 is 0. The van der Waals surface area contributed by atoms with Gasteiger partial charge in [-0.1, -0.05) is 0 Å². The monoisotopic (exact) mass is 218 g/mol. The number of halogens is 3. The maximum Gasteiger partial charge on any atom is 0.264 e. The number of benzene rings is 1. The molecule has 1 aromatic rings. The average Bonchev–Trinajstić information content (AvgIpc) is 2.17. The molecule has 0 spiro atoms. The summed E-state index contributed by atoms with van der Waals surface area (Å²) in [6.45, 7) is 1.10. The van der Waals surface area contributed by atoms with E-state index in [9.17, 15) is 18.0 Å². The molecule has 0 heterocycles. The second-order valence-corrected chi connectivity index (χ2v) is 2.94. The highest BCUT2D eigenvalue weighted by molar-refractivity contribution is 5.95. The van der Waals surface area contributed by atoms with E-state index in [0.717, 1.165) is 26.2 Å². The van der Waals surface area contributed by atoms with E-state index in [1.54, 1.807) is 0 Å². The summed E-state index contributed by atoms with van der Waals surface area (Å²) in [5, 5.41) is 0. The van der Waals surface area contributed by atoms with Crippen molar-refractivity contribution in [3.05, 3.63) is 29.1 Å². The van der Waals surface area contributed by atoms with Crippen LogP contribution in [-0.4, -0.2) is 12.9 Å². The molecule has 0 fully saturated rings. The minimum absolute atomic E-state index is 0.349. The van der Waals surface area contributed by atoms with Crippen molar-refractivity contribution in [3.8, 4) is 5.75 Å². The van der Waals surface area contributed by atoms with Crippen LogP contribution in [0, 0.1) is 5.82 Å². The van der Waals surface area contributed by atoms with Gasteiger partial charge < -0.3 is 4.74 Å². The zero-order valence-corrected chi connectivity index (χ0v) is 8.18. The zero-order valence-electron chi connectivity index (χ0n) is 8.18. The lowest BCUT2D eigenvalue weighted by Crippen LogP contribution is -2.02. The number of ketones is 1. The molecular formula is C10H9F3O2. The van der Waals surface area contributed by atoms with Gasteiger partial charge in [0.05, 0.1) is 12.7 Å². The first-order chi connectivity index (χ1) is 6.97. The topological polar surface area (TPSA) is 26.3 Å². The Balaban J connectivity index is 3.38. The molecular weight excluding hydrogens is 209 g/mol. The molecule has 0 unspecified atom stereocenters. The molecule has 0 bridgehead atoms. The molecule has 2 nitrogen and oxygen atoms in total. The van der Waals surface area contributed by atoms with Gasteiger partial charge in [-0.25, -0.2) is 13.2 Å². The Morgan fingerprint density at radius 1 is 1.40 bits per heavy atom. The second kappa shape index (κ2) is 4.33. The van der Waals surface area contributed by atoms with Gasteiger partial charge in [0.1, 0.15) is 0 Å². The minimum atomic E-state index is -2.77. The Hall–Kier alpha value is -1.52. The number of alkyl halides is 2. The molecule has 15 heavy (non-hydrogen) atoms. The summed E-state index contributed by atoms with van der Waals surface area (Å²) in [6.07, 6.45) is -2.77. The van der Waals surface area contributed by atoms with Gasteiger partial charge in [0.25, 0.3) is 6.43 Å². The average molecular weight is 218 g/mol. The van der Waals surface area contributed by atoms with Crippen LogP contribution in [-0.2, 0) is 0 Å². The molecule has 0 amide bonds. The first-order valence-corrected chi connectivity index (χ1v) is 4.14. The molecule has 0 saturated heterocycles. The standard InChI is InChI=1S/C10H9F3O2/c1-5(14)7-3-6(10(12)13)4-8(15-2)9(7)11/h3-4,10H,1-2H3. The largest absolute Gasteiger partial charge is 0.494 e. The van der Waals surface area contributed by atoms with Gasteiger partial charge in [-0.05, 0) is 19.1 Å². The van der Waals surface area contributed by atoms with Crippen LogP contribution in [0.3, 0.4) is 0 Å². The normalized spacial score (nSPS) is 10.5. The summed E-state index contributed by atoms with van der Waals surface area (Å²) in [4.78, 5) is 11.0. The molecule has 5 heteroatoms. The van der Waals surface area contributed by atoms with Gasteiger partial charge in [-0.15, -0.1) is 0 Å². The van der Waals surface area contributed by atoms with E-state index in [1.165, 1.54) is 0 Å². The highest BCUT2D eigenvalue weighted by atomic mass is 19.3. The Kier molecular flexibility index (Phi) is 3.34. The van der Waals surface area contributed by atoms with Crippen LogP contribution in [0.1, 0.15) is 29.3 Å². The fourth-order valence-electron chi connectivity index (χ4n) is 1.15. The molecule has 0 radical (unpaired) electrons. The number of hydrogen-bond acceptors (Lipinski definition) is 2. The first-order valence-electron chi connectivity index (χ1n) is 4.14. The molecule has 82 valence electrons. The smallest absolute Gasteiger partial charge is 0.264 e. The van der Waals surface area contributed by atoms with Gasteiger partial charge in [0, 0.05) is 5.56 Å². The highest BCUT2D eigenvalue weighted by Gasteiger charge is 2.18. The Morgan fingerprint density at radius 2 is 2.00 bits per heavy atom. The van der Waals surface area contributed by atoms with Crippen molar-refractivity contribution in [2.75, 3.05) is 7.11 Å². The number of hydrogen-bond donors (Lipinski definition) is 0. The number of carbonyl (C=O) groups is 1. The third kappa shape index (κ3) is 2.29. The van der Waals surface area contributed by atoms with Gasteiger partial charge in [0.2, 0.25) is 0 Å². The van der Waals surface area contributed by atoms with Crippen molar-refractivity contribution in [2.45, 2.75) is 13.3 Å². The predicted molar refractivity (Wildman–Crippen MR) is 47.9 cm³/mol. The van der Waals surface area contributed by atoms with E-state index in [4.69, 9.17) is 0 Å². The molecule has 0 N–H and O–H groups in total. The number of rotatable bonds is 3. The number of carbonyl (C=O) groups excluding carboxylic acids is 1. The molecule has 0 aromatic heterocycles. The van der Waals surface area contributed by atoms with Crippen LogP contribution in [0.5, 0.6) is 5.75 Å². The molecule has 0 aliphatic heterocycles. The summed E-state index contributed by atoms with van der Waals surface area (Å²) < 4.78 is 42.7. The third-order valence-corrected chi connectivity index (χ3v) is 1.91. The fourth-order valence-corrected chi connectivity index (χ4v) is 1.15. The lowest BCUT2D eigenvalue weighted by atomic mass is 10.1. The van der Waals surface area contributed by atoms with E-state index in [2.05, 4.69) is 4.74 Å². The van der Waals surface area contributed by atoms with Crippen LogP contribution in [0.15, 0.2) is 12.1 Å². The summed E-state index contributed by atoms with van der Waals surface area (Å²) in [5.74, 6) is -1.87. The van der Waals surface area contributed by atoms with Crippen molar-refractivity contribution in [3.63, 3.8) is 0 Å². The Morgan fingerprint density at radius 3 is 2.40 bits per heavy atom. The van der Waals surface area contributed by atoms with Gasteiger partial charge >= 0.3 is 0 Å². The SMILES string of the molecule is COc1cc(C(F)F)cc(C(C)=O)c1F. The van der Waals surface area contributed by atoms with Crippen molar-refractivity contribution >= 4 is 5.78 Å². The van der Waals surface area contributed by atoms with Crippen LogP contribution < -0.4 is 4.74 Å². The van der Waals surface area contributed by atoms with Crippen molar-refractivity contribution in [2.24, 2.45) is 0 Å². The summed E-state index contributed by atoms with van der Waals surface area (Å²) in [5.41, 5.74) is -0.817. The van der Waals surface area contributed by atoms with Crippen LogP contribution >= 0.6 is 0 Å². The fraction of sp³-hybridized carbons (Fsp3) is 0.300. The predicted octanol–water partition coefficient (Wildman–Crippen LogP) is 2.97. The molecule has 0 aliphatic carbocycles. The van der Waals surface area contributed by atoms with Crippen molar-refractivity contribution in [1.82, 2.24) is 0 Å². The quantitative estimate of drug-likeness (QED) is 0.729. The maximum atomic E-state index is 13.4. The highest BCUT2D eigenvalue weighted by Crippen LogP contribution is 2.28. The van der Waals surface area contributed by atoms with Gasteiger partial charge in [-0.3, -0.25) is 4.79 Å². The van der Waals surface area contributed by atoms with Gasteiger partial charge in [-0.2, -0.15) is 0 Å². The van der Waals surface area contributed by atoms with Gasteiger partial charge in [0.15, 0.2) is 17.3 Å². The molecule has 0 atom stereocenters. The first kappa shape index (κ1) is 11.6. The van der Waals surface area contributed by atoms with Crippen molar-refractivity contribution < 1.29 is 22.7 Å².